The summed E-state index contributed by atoms with van der Waals surface area (Å²) in [5.74, 6) is -2.15. The van der Waals surface area contributed by atoms with Gasteiger partial charge in [-0.3, -0.25) is 9.59 Å². The zero-order chi connectivity index (χ0) is 24.7. The van der Waals surface area contributed by atoms with Crippen LogP contribution in [0.5, 0.6) is 11.5 Å². The highest BCUT2D eigenvalue weighted by Gasteiger charge is 2.16. The number of hydrogen-bond donors (Lipinski definition) is 2. The predicted octanol–water partition coefficient (Wildman–Crippen LogP) is 4.96. The molecule has 0 heterocycles. The van der Waals surface area contributed by atoms with Crippen LogP contribution in [0.15, 0.2) is 65.8 Å². The van der Waals surface area contributed by atoms with Gasteiger partial charge in [-0.05, 0) is 60.2 Å². The predicted molar refractivity (Wildman–Crippen MR) is 130 cm³/mol. The van der Waals surface area contributed by atoms with E-state index in [1.54, 1.807) is 30.3 Å². The first-order chi connectivity index (χ1) is 16.3. The molecule has 0 spiro atoms. The van der Waals surface area contributed by atoms with Crippen LogP contribution in [0, 0.1) is 0 Å². The zero-order valence-electron chi connectivity index (χ0n) is 17.5. The molecule has 0 radical (unpaired) electrons. The first-order valence-electron chi connectivity index (χ1n) is 9.52. The summed E-state index contributed by atoms with van der Waals surface area (Å²) >= 11 is 17.7. The van der Waals surface area contributed by atoms with Crippen LogP contribution < -0.4 is 20.2 Å². The van der Waals surface area contributed by atoms with Crippen molar-refractivity contribution in [3.63, 3.8) is 0 Å². The van der Waals surface area contributed by atoms with E-state index in [1.165, 1.54) is 43.7 Å². The van der Waals surface area contributed by atoms with E-state index in [4.69, 9.17) is 44.3 Å². The van der Waals surface area contributed by atoms with E-state index >= 15 is 0 Å². The van der Waals surface area contributed by atoms with Gasteiger partial charge in [0, 0.05) is 5.02 Å². The van der Waals surface area contributed by atoms with Crippen LogP contribution in [0.4, 0.5) is 5.69 Å². The normalized spacial score (nSPS) is 10.6. The van der Waals surface area contributed by atoms with Crippen molar-refractivity contribution in [2.75, 3.05) is 12.4 Å². The van der Waals surface area contributed by atoms with Gasteiger partial charge in [0.15, 0.2) is 11.5 Å². The van der Waals surface area contributed by atoms with Crippen molar-refractivity contribution in [2.45, 2.75) is 0 Å². The van der Waals surface area contributed by atoms with E-state index in [2.05, 4.69) is 15.8 Å². The van der Waals surface area contributed by atoms with Crippen molar-refractivity contribution in [1.82, 2.24) is 5.43 Å². The quantitative estimate of drug-likeness (QED) is 0.157. The van der Waals surface area contributed by atoms with Crippen LogP contribution in [-0.4, -0.2) is 31.1 Å². The number of methoxy groups -OCH3 is 1. The maximum atomic E-state index is 12.3. The van der Waals surface area contributed by atoms with Gasteiger partial charge in [-0.1, -0.05) is 40.9 Å². The molecule has 0 aromatic heterocycles. The Hall–Kier alpha value is -3.59. The third-order valence-corrected chi connectivity index (χ3v) is 5.33. The van der Waals surface area contributed by atoms with Crippen LogP contribution in [0.3, 0.4) is 0 Å². The molecule has 0 aliphatic rings. The fourth-order valence-corrected chi connectivity index (χ4v) is 3.06. The minimum Gasteiger partial charge on any atom is -0.493 e. The molecule has 0 aliphatic carbocycles. The molecule has 0 bridgehead atoms. The molecule has 8 nitrogen and oxygen atoms in total. The monoisotopic (exact) mass is 519 g/mol. The van der Waals surface area contributed by atoms with Gasteiger partial charge in [0.05, 0.1) is 34.6 Å². The van der Waals surface area contributed by atoms with Crippen LogP contribution in [0.2, 0.25) is 15.1 Å². The number of esters is 1. The molecule has 3 aromatic rings. The van der Waals surface area contributed by atoms with Gasteiger partial charge in [-0.15, -0.1) is 0 Å². The molecule has 0 unspecified atom stereocenters. The van der Waals surface area contributed by atoms with Gasteiger partial charge in [-0.25, -0.2) is 10.2 Å². The molecule has 0 saturated carbocycles. The Morgan fingerprint density at radius 1 is 0.912 bits per heavy atom. The van der Waals surface area contributed by atoms with Crippen molar-refractivity contribution >= 4 is 64.5 Å². The second kappa shape index (κ2) is 11.5. The Morgan fingerprint density at radius 3 is 2.35 bits per heavy atom. The lowest BCUT2D eigenvalue weighted by Crippen LogP contribution is -2.32. The van der Waals surface area contributed by atoms with Crippen molar-refractivity contribution in [3.8, 4) is 11.5 Å². The minimum absolute atomic E-state index is 0.109. The second-order valence-corrected chi connectivity index (χ2v) is 7.78. The summed E-state index contributed by atoms with van der Waals surface area (Å²) in [5, 5.41) is 6.92. The van der Waals surface area contributed by atoms with Gasteiger partial charge in [0.25, 0.3) is 0 Å². The number of nitrogens with one attached hydrogen (secondary N) is 2. The van der Waals surface area contributed by atoms with Crippen LogP contribution in [-0.2, 0) is 9.59 Å². The molecular weight excluding hydrogens is 505 g/mol. The van der Waals surface area contributed by atoms with E-state index in [-0.39, 0.29) is 27.2 Å². The number of anilines is 1. The molecule has 174 valence electrons. The average Bonchev–Trinajstić information content (AvgIpc) is 2.83. The van der Waals surface area contributed by atoms with Gasteiger partial charge in [0.2, 0.25) is 0 Å². The molecule has 0 aliphatic heterocycles. The molecular formula is C23H16Cl3N3O5. The van der Waals surface area contributed by atoms with Gasteiger partial charge < -0.3 is 14.8 Å². The second-order valence-electron chi connectivity index (χ2n) is 6.56. The smallest absolute Gasteiger partial charge is 0.343 e. The van der Waals surface area contributed by atoms with E-state index in [9.17, 15) is 14.4 Å². The summed E-state index contributed by atoms with van der Waals surface area (Å²) in [6.07, 6.45) is 1.28. The van der Waals surface area contributed by atoms with Crippen LogP contribution in [0.25, 0.3) is 0 Å². The first kappa shape index (κ1) is 25.0. The van der Waals surface area contributed by atoms with Crippen LogP contribution in [0.1, 0.15) is 15.9 Å². The number of carbonyl (C=O) groups is 3. The molecule has 11 heteroatoms. The van der Waals surface area contributed by atoms with Crippen molar-refractivity contribution < 1.29 is 23.9 Å². The maximum Gasteiger partial charge on any atom is 0.343 e. The Kier molecular flexibility index (Phi) is 8.48. The number of rotatable bonds is 6. The van der Waals surface area contributed by atoms with Crippen molar-refractivity contribution in [3.05, 3.63) is 86.9 Å². The largest absolute Gasteiger partial charge is 0.493 e. The highest BCUT2D eigenvalue weighted by Crippen LogP contribution is 2.30. The summed E-state index contributed by atoms with van der Waals surface area (Å²) in [6.45, 7) is 0. The van der Waals surface area contributed by atoms with E-state index in [1.807, 2.05) is 0 Å². The van der Waals surface area contributed by atoms with E-state index < -0.39 is 17.8 Å². The number of hydrazone groups is 1. The summed E-state index contributed by atoms with van der Waals surface area (Å²) in [7, 11) is 1.41. The lowest BCUT2D eigenvalue weighted by atomic mass is 10.2. The lowest BCUT2D eigenvalue weighted by molar-refractivity contribution is -0.136. The van der Waals surface area contributed by atoms with Crippen molar-refractivity contribution in [2.24, 2.45) is 5.10 Å². The Labute approximate surface area is 209 Å². The molecule has 0 saturated heterocycles. The van der Waals surface area contributed by atoms with E-state index in [0.29, 0.717) is 16.1 Å². The molecule has 3 aromatic carbocycles. The topological polar surface area (TPSA) is 106 Å². The van der Waals surface area contributed by atoms with E-state index in [0.717, 1.165) is 0 Å². The highest BCUT2D eigenvalue weighted by molar-refractivity contribution is 6.45. The minimum atomic E-state index is -1.02. The number of hydrogen-bond acceptors (Lipinski definition) is 6. The molecule has 34 heavy (non-hydrogen) atoms. The Balaban J connectivity index is 1.61. The van der Waals surface area contributed by atoms with Crippen molar-refractivity contribution in [1.29, 1.82) is 0 Å². The molecule has 3 rings (SSSR count). The average molecular weight is 521 g/mol. The Bertz CT molecular complexity index is 1260. The first-order valence-corrected chi connectivity index (χ1v) is 10.7. The van der Waals surface area contributed by atoms with Gasteiger partial charge >= 0.3 is 17.8 Å². The summed E-state index contributed by atoms with van der Waals surface area (Å²) in [6, 6.07) is 15.5. The number of benzene rings is 3. The molecule has 2 amide bonds. The fourth-order valence-electron chi connectivity index (χ4n) is 2.59. The van der Waals surface area contributed by atoms with Crippen LogP contribution >= 0.6 is 34.8 Å². The summed E-state index contributed by atoms with van der Waals surface area (Å²) in [5.41, 5.74) is 3.11. The molecule has 0 fully saturated rings. The number of halogens is 3. The summed E-state index contributed by atoms with van der Waals surface area (Å²) < 4.78 is 10.6. The maximum absolute atomic E-state index is 12.3. The SMILES string of the molecule is COc1cc(C=NNC(=O)C(=O)Nc2cccc(Cl)c2Cl)ccc1OC(=O)c1ccc(Cl)cc1. The Morgan fingerprint density at radius 2 is 1.65 bits per heavy atom. The van der Waals surface area contributed by atoms with Gasteiger partial charge in [0.1, 0.15) is 0 Å². The zero-order valence-corrected chi connectivity index (χ0v) is 19.7. The molecule has 2 N–H and O–H groups in total. The highest BCUT2D eigenvalue weighted by atomic mass is 35.5. The third-order valence-electron chi connectivity index (χ3n) is 4.26. The summed E-state index contributed by atoms with van der Waals surface area (Å²) in [4.78, 5) is 36.3. The lowest BCUT2D eigenvalue weighted by Gasteiger charge is -2.10. The number of carbonyl (C=O) groups excluding carboxylic acids is 3. The number of ether oxygens (including phenoxy) is 2. The number of nitrogens with zero attached hydrogens (tertiary/aromatic N) is 1. The van der Waals surface area contributed by atoms with Gasteiger partial charge in [-0.2, -0.15) is 5.10 Å². The molecule has 0 atom stereocenters. The third kappa shape index (κ3) is 6.48. The fraction of sp³-hybridized carbons (Fsp3) is 0.0435. The standard InChI is InChI=1S/C23H16Cl3N3O5/c1-33-19-11-13(5-10-18(19)34-23(32)14-6-8-15(24)9-7-14)12-27-29-22(31)21(30)28-17-4-2-3-16(25)20(17)26/h2-12H,1H3,(H,28,30)(H,29,31). The number of amides is 2.